The van der Waals surface area contributed by atoms with Crippen molar-refractivity contribution in [2.24, 2.45) is 5.92 Å². The third-order valence-corrected chi connectivity index (χ3v) is 4.41. The van der Waals surface area contributed by atoms with Crippen LogP contribution in [0.25, 0.3) is 0 Å². The first-order valence-corrected chi connectivity index (χ1v) is 8.69. The van der Waals surface area contributed by atoms with Crippen LogP contribution in [0.4, 0.5) is 10.5 Å². The molecule has 0 radical (unpaired) electrons. The van der Waals surface area contributed by atoms with E-state index >= 15 is 0 Å². The molecule has 1 aliphatic heterocycles. The van der Waals surface area contributed by atoms with Gasteiger partial charge in [-0.1, -0.05) is 6.07 Å². The SMILES string of the molecule is COc1cc(CCC2CCN(C(=O)OC(C)(C)C)CC2)ccc1N. The largest absolute Gasteiger partial charge is 0.495 e. The molecule has 5 heteroatoms. The molecule has 0 saturated carbocycles. The number of likely N-dealkylation sites (tertiary alicyclic amines) is 1. The molecule has 0 spiro atoms. The van der Waals surface area contributed by atoms with Gasteiger partial charge in [-0.2, -0.15) is 0 Å². The molecule has 1 aliphatic rings. The Morgan fingerprint density at radius 3 is 2.54 bits per heavy atom. The van der Waals surface area contributed by atoms with Crippen LogP contribution in [0.3, 0.4) is 0 Å². The molecule has 0 atom stereocenters. The minimum absolute atomic E-state index is 0.191. The maximum atomic E-state index is 12.1. The van der Waals surface area contributed by atoms with E-state index in [0.717, 1.165) is 44.5 Å². The van der Waals surface area contributed by atoms with Gasteiger partial charge in [0.25, 0.3) is 0 Å². The molecule has 1 fully saturated rings. The molecule has 0 unspecified atom stereocenters. The summed E-state index contributed by atoms with van der Waals surface area (Å²) >= 11 is 0. The second kappa shape index (κ2) is 7.77. The number of nitrogen functional groups attached to an aromatic ring is 1. The molecule has 0 aliphatic carbocycles. The molecular weight excluding hydrogens is 304 g/mol. The lowest BCUT2D eigenvalue weighted by Gasteiger charge is -2.33. The van der Waals surface area contributed by atoms with Crippen molar-refractivity contribution in [3.63, 3.8) is 0 Å². The van der Waals surface area contributed by atoms with Crippen LogP contribution in [0.15, 0.2) is 18.2 Å². The van der Waals surface area contributed by atoms with Crippen LogP contribution in [-0.2, 0) is 11.2 Å². The molecule has 1 heterocycles. The minimum Gasteiger partial charge on any atom is -0.495 e. The Bertz CT molecular complexity index is 558. The monoisotopic (exact) mass is 334 g/mol. The van der Waals surface area contributed by atoms with E-state index in [1.54, 1.807) is 7.11 Å². The number of hydrogen-bond acceptors (Lipinski definition) is 4. The van der Waals surface area contributed by atoms with Gasteiger partial charge in [0.2, 0.25) is 0 Å². The van der Waals surface area contributed by atoms with Crippen LogP contribution in [-0.4, -0.2) is 36.8 Å². The Hall–Kier alpha value is -1.91. The molecule has 1 amide bonds. The normalized spacial score (nSPS) is 16.1. The zero-order valence-corrected chi connectivity index (χ0v) is 15.3. The number of benzene rings is 1. The zero-order chi connectivity index (χ0) is 17.7. The maximum absolute atomic E-state index is 12.1. The molecule has 1 saturated heterocycles. The molecule has 1 aromatic carbocycles. The lowest BCUT2D eigenvalue weighted by molar-refractivity contribution is 0.0181. The summed E-state index contributed by atoms with van der Waals surface area (Å²) in [5.41, 5.74) is 7.34. The highest BCUT2D eigenvalue weighted by Gasteiger charge is 2.26. The fourth-order valence-corrected chi connectivity index (χ4v) is 3.01. The molecule has 2 rings (SSSR count). The van der Waals surface area contributed by atoms with Gasteiger partial charge in [0.15, 0.2) is 0 Å². The summed E-state index contributed by atoms with van der Waals surface area (Å²) in [6.07, 6.45) is 4.00. The van der Waals surface area contributed by atoms with Crippen LogP contribution >= 0.6 is 0 Å². The van der Waals surface area contributed by atoms with Crippen molar-refractivity contribution >= 4 is 11.8 Å². The summed E-state index contributed by atoms with van der Waals surface area (Å²) in [4.78, 5) is 13.9. The standard InChI is InChI=1S/C19H30N2O3/c1-19(2,3)24-18(22)21-11-9-14(10-12-21)5-6-15-7-8-16(20)17(13-15)23-4/h7-8,13-14H,5-6,9-12,20H2,1-4H3. The fourth-order valence-electron chi connectivity index (χ4n) is 3.01. The van der Waals surface area contributed by atoms with E-state index in [0.29, 0.717) is 11.6 Å². The van der Waals surface area contributed by atoms with Crippen molar-refractivity contribution in [2.75, 3.05) is 25.9 Å². The van der Waals surface area contributed by atoms with E-state index in [1.807, 2.05) is 37.8 Å². The van der Waals surface area contributed by atoms with Crippen LogP contribution in [0.1, 0.15) is 45.6 Å². The van der Waals surface area contributed by atoms with Crippen LogP contribution in [0, 0.1) is 5.92 Å². The summed E-state index contributed by atoms with van der Waals surface area (Å²) in [5, 5.41) is 0. The number of carbonyl (C=O) groups excluding carboxylic acids is 1. The summed E-state index contributed by atoms with van der Waals surface area (Å²) < 4.78 is 10.7. The maximum Gasteiger partial charge on any atom is 0.410 e. The lowest BCUT2D eigenvalue weighted by Crippen LogP contribution is -2.41. The fraction of sp³-hybridized carbons (Fsp3) is 0.632. The third kappa shape index (κ3) is 5.32. The zero-order valence-electron chi connectivity index (χ0n) is 15.3. The number of amides is 1. The Kier molecular flexibility index (Phi) is 5.97. The number of rotatable bonds is 4. The number of nitrogens with two attached hydrogens (primary N) is 1. The van der Waals surface area contributed by atoms with Crippen molar-refractivity contribution in [3.05, 3.63) is 23.8 Å². The Labute approximate surface area is 145 Å². The quantitative estimate of drug-likeness (QED) is 0.849. The van der Waals surface area contributed by atoms with E-state index in [4.69, 9.17) is 15.2 Å². The van der Waals surface area contributed by atoms with Gasteiger partial charge in [0.05, 0.1) is 12.8 Å². The summed E-state index contributed by atoms with van der Waals surface area (Å²) in [6, 6.07) is 5.98. The van der Waals surface area contributed by atoms with Crippen molar-refractivity contribution in [1.29, 1.82) is 0 Å². The number of carbonyl (C=O) groups is 1. The highest BCUT2D eigenvalue weighted by Crippen LogP contribution is 2.26. The highest BCUT2D eigenvalue weighted by molar-refractivity contribution is 5.68. The van der Waals surface area contributed by atoms with Gasteiger partial charge in [-0.25, -0.2) is 4.79 Å². The average Bonchev–Trinajstić information content (AvgIpc) is 2.53. The first kappa shape index (κ1) is 18.4. The highest BCUT2D eigenvalue weighted by atomic mass is 16.6. The van der Waals surface area contributed by atoms with Crippen LogP contribution < -0.4 is 10.5 Å². The molecular formula is C19H30N2O3. The number of ether oxygens (including phenoxy) is 2. The van der Waals surface area contributed by atoms with Gasteiger partial charge in [-0.05, 0) is 70.1 Å². The molecule has 134 valence electrons. The van der Waals surface area contributed by atoms with E-state index in [9.17, 15) is 4.79 Å². The van der Waals surface area contributed by atoms with Gasteiger partial charge in [-0.15, -0.1) is 0 Å². The molecule has 1 aromatic rings. The molecule has 0 bridgehead atoms. The smallest absolute Gasteiger partial charge is 0.410 e. The van der Waals surface area contributed by atoms with Gasteiger partial charge >= 0.3 is 6.09 Å². The number of methoxy groups -OCH3 is 1. The lowest BCUT2D eigenvalue weighted by atomic mass is 9.90. The predicted molar refractivity (Wildman–Crippen MR) is 96.3 cm³/mol. The van der Waals surface area contributed by atoms with Gasteiger partial charge < -0.3 is 20.1 Å². The Morgan fingerprint density at radius 2 is 1.96 bits per heavy atom. The number of anilines is 1. The molecule has 5 nitrogen and oxygen atoms in total. The first-order chi connectivity index (χ1) is 11.3. The molecule has 0 aromatic heterocycles. The number of nitrogens with zero attached hydrogens (tertiary/aromatic N) is 1. The van der Waals surface area contributed by atoms with Crippen molar-refractivity contribution in [3.8, 4) is 5.75 Å². The predicted octanol–water partition coefficient (Wildman–Crippen LogP) is 3.86. The van der Waals surface area contributed by atoms with E-state index in [1.165, 1.54) is 5.56 Å². The second-order valence-electron chi connectivity index (χ2n) is 7.53. The van der Waals surface area contributed by atoms with Crippen LogP contribution in [0.5, 0.6) is 5.75 Å². The topological polar surface area (TPSA) is 64.8 Å². The number of hydrogen-bond donors (Lipinski definition) is 1. The summed E-state index contributed by atoms with van der Waals surface area (Å²) in [6.45, 7) is 7.27. The van der Waals surface area contributed by atoms with E-state index in [2.05, 4.69) is 6.07 Å². The Balaban J connectivity index is 1.78. The second-order valence-corrected chi connectivity index (χ2v) is 7.53. The number of piperidine rings is 1. The first-order valence-electron chi connectivity index (χ1n) is 8.69. The summed E-state index contributed by atoms with van der Waals surface area (Å²) in [7, 11) is 1.64. The molecule has 2 N–H and O–H groups in total. The third-order valence-electron chi connectivity index (χ3n) is 4.41. The van der Waals surface area contributed by atoms with Crippen molar-refractivity contribution < 1.29 is 14.3 Å². The van der Waals surface area contributed by atoms with Crippen LogP contribution in [0.2, 0.25) is 0 Å². The van der Waals surface area contributed by atoms with Gasteiger partial charge in [0, 0.05) is 13.1 Å². The average molecular weight is 334 g/mol. The molecule has 24 heavy (non-hydrogen) atoms. The van der Waals surface area contributed by atoms with Gasteiger partial charge in [-0.3, -0.25) is 0 Å². The summed E-state index contributed by atoms with van der Waals surface area (Å²) in [5.74, 6) is 1.39. The number of aryl methyl sites for hydroxylation is 1. The van der Waals surface area contributed by atoms with Crippen molar-refractivity contribution in [1.82, 2.24) is 4.90 Å². The minimum atomic E-state index is -0.428. The van der Waals surface area contributed by atoms with E-state index in [-0.39, 0.29) is 6.09 Å². The van der Waals surface area contributed by atoms with Gasteiger partial charge in [0.1, 0.15) is 11.4 Å². The van der Waals surface area contributed by atoms with Crippen molar-refractivity contribution in [2.45, 2.75) is 52.1 Å². The van der Waals surface area contributed by atoms with E-state index < -0.39 is 5.60 Å². The Morgan fingerprint density at radius 1 is 1.29 bits per heavy atom.